The molecule has 6 nitrogen and oxygen atoms in total. The summed E-state index contributed by atoms with van der Waals surface area (Å²) in [5.74, 6) is 0. The van der Waals surface area contributed by atoms with Gasteiger partial charge in [-0.3, -0.25) is 19.1 Å². The molecule has 5 aromatic rings. The maximum Gasteiger partial charge on any atom is 0.296 e. The number of hydrogen-bond donors (Lipinski definition) is 0. The third kappa shape index (κ3) is 4.21. The molecule has 0 radical (unpaired) electrons. The van der Waals surface area contributed by atoms with Gasteiger partial charge in [0.2, 0.25) is 0 Å². The van der Waals surface area contributed by atoms with E-state index >= 15 is 0 Å². The van der Waals surface area contributed by atoms with E-state index in [1.165, 1.54) is 4.68 Å². The Hall–Kier alpha value is -4.49. The van der Waals surface area contributed by atoms with Gasteiger partial charge in [-0.05, 0) is 42.3 Å². The molecule has 0 aliphatic carbocycles. The zero-order chi connectivity index (χ0) is 25.2. The maximum absolute atomic E-state index is 13.7. The molecule has 2 heterocycles. The summed E-state index contributed by atoms with van der Waals surface area (Å²) in [6.45, 7) is 1.74. The van der Waals surface area contributed by atoms with Gasteiger partial charge in [0.05, 0.1) is 20.4 Å². The Bertz CT molecular complexity index is 1760. The predicted octanol–water partition coefficient (Wildman–Crippen LogP) is 2.71. The molecule has 0 unspecified atom stereocenters. The molecule has 2 aromatic heterocycles. The van der Waals surface area contributed by atoms with Crippen molar-refractivity contribution in [2.24, 2.45) is 7.05 Å². The molecule has 0 atom stereocenters. The van der Waals surface area contributed by atoms with Crippen LogP contribution < -0.4 is 25.7 Å². The predicted molar refractivity (Wildman–Crippen MR) is 145 cm³/mol. The van der Waals surface area contributed by atoms with E-state index in [9.17, 15) is 14.4 Å². The van der Waals surface area contributed by atoms with Crippen LogP contribution in [0.4, 0.5) is 0 Å². The van der Waals surface area contributed by atoms with Crippen LogP contribution >= 0.6 is 11.3 Å². The molecule has 3 aromatic carbocycles. The Morgan fingerprint density at radius 3 is 1.56 bits per heavy atom. The lowest BCUT2D eigenvalue weighted by atomic mass is 10.2. The first kappa shape index (κ1) is 23.3. The smallest absolute Gasteiger partial charge is 0.283 e. The fourth-order valence-electron chi connectivity index (χ4n) is 4.12. The van der Waals surface area contributed by atoms with Crippen LogP contribution in [0.15, 0.2) is 105 Å². The standard InChI is InChI=1S/C29H23N3O3S/c1-20-26(29(35)32(30(20)2)23-16-10-5-11-17-23)31-27(33)24(18-21-12-6-3-7-13-21)36-25(28(31)34)19-22-14-8-4-9-15-22/h3-19H,1-2H3. The lowest BCUT2D eigenvalue weighted by Gasteiger charge is -2.07. The maximum atomic E-state index is 13.7. The highest BCUT2D eigenvalue weighted by Gasteiger charge is 2.21. The fraction of sp³-hybridized carbons (Fsp3) is 0.0690. The van der Waals surface area contributed by atoms with Gasteiger partial charge in [0.25, 0.3) is 16.7 Å². The molecule has 0 saturated carbocycles. The highest BCUT2D eigenvalue weighted by molar-refractivity contribution is 7.07. The molecule has 0 fully saturated rings. The summed E-state index contributed by atoms with van der Waals surface area (Å²) in [5, 5.41) is 0. The second kappa shape index (κ2) is 9.64. The van der Waals surface area contributed by atoms with Crippen molar-refractivity contribution in [1.29, 1.82) is 0 Å². The number of aromatic nitrogens is 3. The zero-order valence-electron chi connectivity index (χ0n) is 19.8. The molecular formula is C29H23N3O3S. The normalized spacial score (nSPS) is 12.3. The van der Waals surface area contributed by atoms with Gasteiger partial charge in [-0.15, -0.1) is 11.3 Å². The first-order chi connectivity index (χ1) is 17.5. The molecule has 0 amide bonds. The molecule has 0 aliphatic rings. The van der Waals surface area contributed by atoms with Crippen molar-refractivity contribution in [3.05, 3.63) is 148 Å². The zero-order valence-corrected chi connectivity index (χ0v) is 20.6. The van der Waals surface area contributed by atoms with E-state index in [1.807, 2.05) is 91.0 Å². The summed E-state index contributed by atoms with van der Waals surface area (Å²) in [6.07, 6.45) is 3.50. The molecule has 5 rings (SSSR count). The van der Waals surface area contributed by atoms with Crippen LogP contribution in [0.3, 0.4) is 0 Å². The van der Waals surface area contributed by atoms with Crippen molar-refractivity contribution >= 4 is 23.5 Å². The van der Waals surface area contributed by atoms with Gasteiger partial charge in [0.15, 0.2) is 0 Å². The first-order valence-corrected chi connectivity index (χ1v) is 12.2. The number of rotatable bonds is 4. The number of para-hydroxylation sites is 1. The third-order valence-electron chi connectivity index (χ3n) is 5.99. The first-order valence-electron chi connectivity index (χ1n) is 11.4. The number of benzene rings is 3. The molecule has 0 N–H and O–H groups in total. The summed E-state index contributed by atoms with van der Waals surface area (Å²) in [7, 11) is 1.74. The Labute approximate surface area is 210 Å². The Balaban J connectivity index is 1.89. The van der Waals surface area contributed by atoms with Crippen LogP contribution in [0.2, 0.25) is 0 Å². The third-order valence-corrected chi connectivity index (χ3v) is 7.01. The summed E-state index contributed by atoms with van der Waals surface area (Å²) >= 11 is 1.12. The minimum Gasteiger partial charge on any atom is -0.283 e. The van der Waals surface area contributed by atoms with Gasteiger partial charge in [-0.1, -0.05) is 78.9 Å². The van der Waals surface area contributed by atoms with Crippen molar-refractivity contribution in [2.75, 3.05) is 0 Å². The minimum absolute atomic E-state index is 0.0505. The molecule has 0 bridgehead atoms. The van der Waals surface area contributed by atoms with Gasteiger partial charge < -0.3 is 0 Å². The van der Waals surface area contributed by atoms with E-state index in [0.29, 0.717) is 20.4 Å². The van der Waals surface area contributed by atoms with Gasteiger partial charge in [-0.2, -0.15) is 0 Å². The second-order valence-corrected chi connectivity index (χ2v) is 9.38. The highest BCUT2D eigenvalue weighted by Crippen LogP contribution is 2.11. The van der Waals surface area contributed by atoms with E-state index in [0.717, 1.165) is 27.0 Å². The minimum atomic E-state index is -0.523. The monoisotopic (exact) mass is 493 g/mol. The van der Waals surface area contributed by atoms with Crippen LogP contribution in [-0.2, 0) is 7.05 Å². The highest BCUT2D eigenvalue weighted by atomic mass is 32.1. The fourth-order valence-corrected chi connectivity index (χ4v) is 5.10. The molecule has 0 aliphatic heterocycles. The van der Waals surface area contributed by atoms with E-state index < -0.39 is 16.7 Å². The number of nitrogens with zero attached hydrogens (tertiary/aromatic N) is 3. The summed E-state index contributed by atoms with van der Waals surface area (Å²) < 4.78 is 4.87. The Morgan fingerprint density at radius 2 is 1.08 bits per heavy atom. The van der Waals surface area contributed by atoms with Crippen molar-refractivity contribution in [3.63, 3.8) is 0 Å². The molecule has 0 spiro atoms. The average molecular weight is 494 g/mol. The SMILES string of the molecule is Cc1c(-n2c(=O)c(=Cc3ccccc3)sc(=Cc3ccccc3)c2=O)c(=O)n(-c2ccccc2)n1C. The van der Waals surface area contributed by atoms with Crippen LogP contribution in [0.5, 0.6) is 0 Å². The Morgan fingerprint density at radius 1 is 0.639 bits per heavy atom. The quantitative estimate of drug-likeness (QED) is 0.387. The average Bonchev–Trinajstić information content (AvgIpc) is 3.12. The largest absolute Gasteiger partial charge is 0.296 e. The summed E-state index contributed by atoms with van der Waals surface area (Å²) in [5.41, 5.74) is 1.38. The van der Waals surface area contributed by atoms with Crippen LogP contribution in [-0.4, -0.2) is 13.9 Å². The summed E-state index contributed by atoms with van der Waals surface area (Å²) in [4.78, 5) is 41.1. The van der Waals surface area contributed by atoms with E-state index in [1.54, 1.807) is 30.8 Å². The molecular weight excluding hydrogens is 470 g/mol. The molecule has 178 valence electrons. The lowest BCUT2D eigenvalue weighted by Crippen LogP contribution is -2.48. The Kier molecular flexibility index (Phi) is 6.23. The lowest BCUT2D eigenvalue weighted by molar-refractivity contribution is 0.630. The van der Waals surface area contributed by atoms with Gasteiger partial charge >= 0.3 is 0 Å². The van der Waals surface area contributed by atoms with Crippen LogP contribution in [0.25, 0.3) is 23.5 Å². The molecule has 0 saturated heterocycles. The van der Waals surface area contributed by atoms with Crippen LogP contribution in [0, 0.1) is 6.92 Å². The van der Waals surface area contributed by atoms with Gasteiger partial charge in [0, 0.05) is 7.05 Å². The van der Waals surface area contributed by atoms with E-state index in [4.69, 9.17) is 0 Å². The molecule has 7 heteroatoms. The molecule has 36 heavy (non-hydrogen) atoms. The summed E-state index contributed by atoms with van der Waals surface area (Å²) in [6, 6.07) is 28.0. The van der Waals surface area contributed by atoms with E-state index in [-0.39, 0.29) is 5.69 Å². The second-order valence-electron chi connectivity index (χ2n) is 8.30. The van der Waals surface area contributed by atoms with Gasteiger partial charge in [-0.25, -0.2) is 9.25 Å². The van der Waals surface area contributed by atoms with Crippen molar-refractivity contribution < 1.29 is 0 Å². The van der Waals surface area contributed by atoms with Crippen LogP contribution in [0.1, 0.15) is 16.8 Å². The van der Waals surface area contributed by atoms with E-state index in [2.05, 4.69) is 0 Å². The number of hydrogen-bond acceptors (Lipinski definition) is 4. The van der Waals surface area contributed by atoms with Crippen molar-refractivity contribution in [1.82, 2.24) is 13.9 Å². The van der Waals surface area contributed by atoms with Crippen molar-refractivity contribution in [2.45, 2.75) is 6.92 Å². The van der Waals surface area contributed by atoms with Gasteiger partial charge in [0.1, 0.15) is 5.69 Å². The van der Waals surface area contributed by atoms with Crippen molar-refractivity contribution in [3.8, 4) is 11.4 Å². The topological polar surface area (TPSA) is 66.0 Å².